The zero-order valence-corrected chi connectivity index (χ0v) is 16.3. The zero-order chi connectivity index (χ0) is 18.5. The number of hydrogen-bond donors (Lipinski definition) is 1. The maximum Gasteiger partial charge on any atom is 0.163 e. The van der Waals surface area contributed by atoms with Crippen molar-refractivity contribution < 1.29 is 19.4 Å². The van der Waals surface area contributed by atoms with Gasteiger partial charge in [-0.2, -0.15) is 0 Å². The molecule has 4 atom stereocenters. The van der Waals surface area contributed by atoms with Crippen LogP contribution in [0.2, 0.25) is 0 Å². The summed E-state index contributed by atoms with van der Waals surface area (Å²) in [6.07, 6.45) is 4.58. The van der Waals surface area contributed by atoms with Crippen LogP contribution < -0.4 is 0 Å². The second-order valence-electron chi connectivity index (χ2n) is 8.21. The quantitative estimate of drug-likeness (QED) is 0.507. The second-order valence-corrected chi connectivity index (χ2v) is 8.21. The summed E-state index contributed by atoms with van der Waals surface area (Å²) >= 11 is 0. The standard InChI is InChI=1S/C20H36O4/c1-8-9-10-11-14(2)17(21)15(3)18(22)19(4,5)16-12-13-23-20(6,7)24-16/h8,14-17,21H,1,9-13H2,2-7H3/t14-,15+,16?,17-/m0/s1. The van der Waals surface area contributed by atoms with Crippen molar-refractivity contribution in [1.29, 1.82) is 0 Å². The fraction of sp³-hybridized carbons (Fsp3) is 0.850. The molecule has 1 saturated heterocycles. The minimum absolute atomic E-state index is 0.0632. The van der Waals surface area contributed by atoms with E-state index in [9.17, 15) is 9.90 Å². The van der Waals surface area contributed by atoms with Gasteiger partial charge in [0.05, 0.1) is 24.2 Å². The molecular formula is C20H36O4. The second kappa shape index (κ2) is 8.59. The Morgan fingerprint density at radius 3 is 2.58 bits per heavy atom. The van der Waals surface area contributed by atoms with E-state index in [-0.39, 0.29) is 17.8 Å². The summed E-state index contributed by atoms with van der Waals surface area (Å²) in [5, 5.41) is 10.6. The van der Waals surface area contributed by atoms with Gasteiger partial charge in [0, 0.05) is 5.92 Å². The van der Waals surface area contributed by atoms with Crippen LogP contribution in [0.3, 0.4) is 0 Å². The summed E-state index contributed by atoms with van der Waals surface area (Å²) in [4.78, 5) is 13.1. The third-order valence-corrected chi connectivity index (χ3v) is 5.27. The zero-order valence-electron chi connectivity index (χ0n) is 16.3. The predicted molar refractivity (Wildman–Crippen MR) is 96.7 cm³/mol. The molecule has 0 bridgehead atoms. The fourth-order valence-electron chi connectivity index (χ4n) is 3.50. The van der Waals surface area contributed by atoms with Crippen LogP contribution in [0.4, 0.5) is 0 Å². The maximum absolute atomic E-state index is 13.1. The molecule has 0 aliphatic carbocycles. The molecule has 1 aliphatic rings. The lowest BCUT2D eigenvalue weighted by Gasteiger charge is -2.44. The van der Waals surface area contributed by atoms with E-state index in [0.29, 0.717) is 13.0 Å². The number of ether oxygens (including phenoxy) is 2. The number of carbonyl (C=O) groups excluding carboxylic acids is 1. The van der Waals surface area contributed by atoms with Gasteiger partial charge >= 0.3 is 0 Å². The number of rotatable bonds is 9. The number of aliphatic hydroxyl groups excluding tert-OH is 1. The lowest BCUT2D eigenvalue weighted by molar-refractivity contribution is -0.289. The highest BCUT2D eigenvalue weighted by Gasteiger charge is 2.45. The van der Waals surface area contributed by atoms with Crippen molar-refractivity contribution in [3.63, 3.8) is 0 Å². The summed E-state index contributed by atoms with van der Waals surface area (Å²) in [6.45, 7) is 15.8. The molecular weight excluding hydrogens is 304 g/mol. The maximum atomic E-state index is 13.1. The van der Waals surface area contributed by atoms with Crippen molar-refractivity contribution in [1.82, 2.24) is 0 Å². The molecule has 1 N–H and O–H groups in total. The van der Waals surface area contributed by atoms with E-state index in [0.717, 1.165) is 19.3 Å². The Labute approximate surface area is 147 Å². The van der Waals surface area contributed by atoms with E-state index in [4.69, 9.17) is 9.47 Å². The predicted octanol–water partition coefficient (Wildman–Crippen LogP) is 4.11. The lowest BCUT2D eigenvalue weighted by atomic mass is 9.72. The average molecular weight is 341 g/mol. The van der Waals surface area contributed by atoms with Gasteiger partial charge in [-0.1, -0.05) is 33.8 Å². The van der Waals surface area contributed by atoms with Gasteiger partial charge in [0.2, 0.25) is 0 Å². The van der Waals surface area contributed by atoms with Gasteiger partial charge in [-0.05, 0) is 45.4 Å². The summed E-state index contributed by atoms with van der Waals surface area (Å²) in [7, 11) is 0. The van der Waals surface area contributed by atoms with Crippen LogP contribution in [-0.4, -0.2) is 35.5 Å². The molecule has 0 spiro atoms. The van der Waals surface area contributed by atoms with Crippen molar-refractivity contribution in [2.45, 2.75) is 85.2 Å². The topological polar surface area (TPSA) is 55.8 Å². The van der Waals surface area contributed by atoms with Gasteiger partial charge in [-0.25, -0.2) is 0 Å². The van der Waals surface area contributed by atoms with Crippen LogP contribution in [0, 0.1) is 17.3 Å². The number of unbranched alkanes of at least 4 members (excludes halogenated alkanes) is 1. The highest BCUT2D eigenvalue weighted by atomic mass is 16.7. The molecule has 0 aromatic heterocycles. The Bertz CT molecular complexity index is 427. The molecule has 140 valence electrons. The van der Waals surface area contributed by atoms with Gasteiger partial charge < -0.3 is 14.6 Å². The Morgan fingerprint density at radius 2 is 2.04 bits per heavy atom. The number of hydrogen-bond acceptors (Lipinski definition) is 4. The normalized spacial score (nSPS) is 24.9. The first-order chi connectivity index (χ1) is 11.0. The monoisotopic (exact) mass is 340 g/mol. The first-order valence-electron chi connectivity index (χ1n) is 9.18. The number of allylic oxidation sites excluding steroid dienone is 1. The number of ketones is 1. The van der Waals surface area contributed by atoms with Gasteiger partial charge in [0.25, 0.3) is 0 Å². The number of Topliss-reactive ketones (excluding diaryl/α,β-unsaturated/α-hetero) is 1. The Morgan fingerprint density at radius 1 is 1.42 bits per heavy atom. The SMILES string of the molecule is C=CCCC[C@H](C)[C@H](O)[C@@H](C)C(=O)C(C)(C)C1CCOC(C)(C)O1. The molecule has 1 fully saturated rings. The van der Waals surface area contributed by atoms with Gasteiger partial charge in [-0.3, -0.25) is 4.79 Å². The highest BCUT2D eigenvalue weighted by Crippen LogP contribution is 2.37. The Kier molecular flexibility index (Phi) is 7.64. The minimum atomic E-state index is -0.666. The molecule has 0 radical (unpaired) electrons. The highest BCUT2D eigenvalue weighted by molar-refractivity contribution is 5.87. The third-order valence-electron chi connectivity index (χ3n) is 5.27. The Hall–Kier alpha value is -0.710. The molecule has 0 saturated carbocycles. The van der Waals surface area contributed by atoms with Crippen LogP contribution >= 0.6 is 0 Å². The van der Waals surface area contributed by atoms with Crippen molar-refractivity contribution in [3.05, 3.63) is 12.7 Å². The minimum Gasteiger partial charge on any atom is -0.392 e. The van der Waals surface area contributed by atoms with E-state index in [1.54, 1.807) is 0 Å². The molecule has 24 heavy (non-hydrogen) atoms. The van der Waals surface area contributed by atoms with E-state index < -0.39 is 23.2 Å². The molecule has 1 unspecified atom stereocenters. The molecule has 4 heteroatoms. The number of aliphatic hydroxyl groups is 1. The van der Waals surface area contributed by atoms with Gasteiger partial charge in [0.1, 0.15) is 5.78 Å². The van der Waals surface area contributed by atoms with Crippen molar-refractivity contribution >= 4 is 5.78 Å². The fourth-order valence-corrected chi connectivity index (χ4v) is 3.50. The number of carbonyl (C=O) groups is 1. The van der Waals surface area contributed by atoms with Crippen molar-refractivity contribution in [3.8, 4) is 0 Å². The van der Waals surface area contributed by atoms with Crippen LogP contribution in [0.15, 0.2) is 12.7 Å². The summed E-state index contributed by atoms with van der Waals surface area (Å²) in [5.41, 5.74) is -0.651. The van der Waals surface area contributed by atoms with Crippen LogP contribution in [0.5, 0.6) is 0 Å². The Balaban J connectivity index is 2.73. The summed E-state index contributed by atoms with van der Waals surface area (Å²) < 4.78 is 11.6. The van der Waals surface area contributed by atoms with Crippen molar-refractivity contribution in [2.75, 3.05) is 6.61 Å². The van der Waals surface area contributed by atoms with Gasteiger partial charge in [-0.15, -0.1) is 6.58 Å². The molecule has 0 amide bonds. The van der Waals surface area contributed by atoms with Gasteiger partial charge in [0.15, 0.2) is 5.79 Å². The third kappa shape index (κ3) is 5.40. The first kappa shape index (κ1) is 21.3. The summed E-state index contributed by atoms with van der Waals surface area (Å²) in [6, 6.07) is 0. The van der Waals surface area contributed by atoms with Crippen LogP contribution in [0.25, 0.3) is 0 Å². The largest absolute Gasteiger partial charge is 0.392 e. The molecule has 1 aliphatic heterocycles. The van der Waals surface area contributed by atoms with Crippen LogP contribution in [-0.2, 0) is 14.3 Å². The van der Waals surface area contributed by atoms with E-state index >= 15 is 0 Å². The van der Waals surface area contributed by atoms with E-state index in [2.05, 4.69) is 6.58 Å². The molecule has 1 heterocycles. The molecule has 4 nitrogen and oxygen atoms in total. The first-order valence-corrected chi connectivity index (χ1v) is 9.18. The van der Waals surface area contributed by atoms with E-state index in [1.807, 2.05) is 47.6 Å². The molecule has 0 aromatic rings. The van der Waals surface area contributed by atoms with Crippen molar-refractivity contribution in [2.24, 2.45) is 17.3 Å². The summed E-state index contributed by atoms with van der Waals surface area (Å²) in [5.74, 6) is -0.923. The molecule has 1 rings (SSSR count). The lowest BCUT2D eigenvalue weighted by Crippen LogP contribution is -2.51. The van der Waals surface area contributed by atoms with Crippen LogP contribution in [0.1, 0.15) is 67.2 Å². The molecule has 0 aromatic carbocycles. The van der Waals surface area contributed by atoms with E-state index in [1.165, 1.54) is 0 Å². The smallest absolute Gasteiger partial charge is 0.163 e. The average Bonchev–Trinajstić information content (AvgIpc) is 2.51.